The van der Waals surface area contributed by atoms with E-state index < -0.39 is 22.4 Å². The molecule has 1 aliphatic rings. The summed E-state index contributed by atoms with van der Waals surface area (Å²) in [6.45, 7) is 3.44. The number of nitrogens with zero attached hydrogens (tertiary/aromatic N) is 2. The van der Waals surface area contributed by atoms with Crippen molar-refractivity contribution in [3.8, 4) is 0 Å². The van der Waals surface area contributed by atoms with E-state index in [-0.39, 0.29) is 11.8 Å². The number of carbonyl (C=O) groups is 1. The predicted molar refractivity (Wildman–Crippen MR) is 68.6 cm³/mol. The first-order valence-electron chi connectivity index (χ1n) is 6.26. The Morgan fingerprint density at radius 1 is 1.60 bits per heavy atom. The van der Waals surface area contributed by atoms with Crippen molar-refractivity contribution < 1.29 is 19.2 Å². The van der Waals surface area contributed by atoms with Crippen LogP contribution in [0.15, 0.2) is 18.2 Å². The summed E-state index contributed by atoms with van der Waals surface area (Å²) in [5.74, 6) is -1.94. The maximum Gasteiger partial charge on any atom is 0.306 e. The summed E-state index contributed by atoms with van der Waals surface area (Å²) in [5.41, 5.74) is 0.115. The number of hydrogen-bond acceptors (Lipinski definition) is 4. The van der Waals surface area contributed by atoms with Gasteiger partial charge in [0.2, 0.25) is 5.82 Å². The third-order valence-electron chi connectivity index (χ3n) is 3.70. The van der Waals surface area contributed by atoms with E-state index in [1.54, 1.807) is 6.92 Å². The van der Waals surface area contributed by atoms with Gasteiger partial charge in [0.05, 0.1) is 10.8 Å². The molecule has 2 rings (SSSR count). The summed E-state index contributed by atoms with van der Waals surface area (Å²) in [5, 5.41) is 19.4. The second kappa shape index (κ2) is 5.54. The standard InChI is InChI=1S/C13H15FN2O4/c1-8(13(17)18)10-6-15(7-10)5-9-2-3-12(16(19)20)11(14)4-9/h2-4,8,10H,5-7H2,1H3,(H,17,18). The van der Waals surface area contributed by atoms with Crippen LogP contribution in [-0.2, 0) is 11.3 Å². The van der Waals surface area contributed by atoms with Gasteiger partial charge in [-0.2, -0.15) is 4.39 Å². The summed E-state index contributed by atoms with van der Waals surface area (Å²) in [7, 11) is 0. The van der Waals surface area contributed by atoms with Gasteiger partial charge >= 0.3 is 11.7 Å². The molecule has 20 heavy (non-hydrogen) atoms. The summed E-state index contributed by atoms with van der Waals surface area (Å²) >= 11 is 0. The highest BCUT2D eigenvalue weighted by Crippen LogP contribution is 2.26. The molecule has 0 amide bonds. The quantitative estimate of drug-likeness (QED) is 0.658. The zero-order chi connectivity index (χ0) is 14.9. The molecule has 7 heteroatoms. The molecule has 6 nitrogen and oxygen atoms in total. The highest BCUT2D eigenvalue weighted by atomic mass is 19.1. The van der Waals surface area contributed by atoms with Gasteiger partial charge in [-0.3, -0.25) is 19.8 Å². The van der Waals surface area contributed by atoms with Crippen LogP contribution < -0.4 is 0 Å². The van der Waals surface area contributed by atoms with Crippen LogP contribution in [0, 0.1) is 27.8 Å². The van der Waals surface area contributed by atoms with Crippen molar-refractivity contribution in [2.24, 2.45) is 11.8 Å². The fourth-order valence-electron chi connectivity index (χ4n) is 2.31. The fourth-order valence-corrected chi connectivity index (χ4v) is 2.31. The normalized spacial score (nSPS) is 17.5. The van der Waals surface area contributed by atoms with Crippen LogP contribution in [-0.4, -0.2) is 34.0 Å². The molecule has 1 aromatic rings. The number of carboxylic acids is 1. The summed E-state index contributed by atoms with van der Waals surface area (Å²) in [4.78, 5) is 22.6. The number of nitro groups is 1. The first-order chi connectivity index (χ1) is 9.38. The lowest BCUT2D eigenvalue weighted by Gasteiger charge is -2.41. The van der Waals surface area contributed by atoms with Crippen molar-refractivity contribution in [2.75, 3.05) is 13.1 Å². The largest absolute Gasteiger partial charge is 0.481 e. The summed E-state index contributed by atoms with van der Waals surface area (Å²) in [6.07, 6.45) is 0. The van der Waals surface area contributed by atoms with Crippen molar-refractivity contribution in [3.63, 3.8) is 0 Å². The lowest BCUT2D eigenvalue weighted by atomic mass is 9.87. The molecule has 1 aliphatic heterocycles. The van der Waals surface area contributed by atoms with Gasteiger partial charge in [0, 0.05) is 25.7 Å². The van der Waals surface area contributed by atoms with Crippen LogP contribution in [0.25, 0.3) is 0 Å². The number of carboxylic acid groups (broad SMARTS) is 1. The van der Waals surface area contributed by atoms with Gasteiger partial charge in [-0.1, -0.05) is 13.0 Å². The average molecular weight is 282 g/mol. The number of halogens is 1. The van der Waals surface area contributed by atoms with Crippen molar-refractivity contribution in [2.45, 2.75) is 13.5 Å². The van der Waals surface area contributed by atoms with Gasteiger partial charge in [0.15, 0.2) is 0 Å². The zero-order valence-electron chi connectivity index (χ0n) is 11.0. The first-order valence-corrected chi connectivity index (χ1v) is 6.26. The third-order valence-corrected chi connectivity index (χ3v) is 3.70. The minimum atomic E-state index is -0.844. The Morgan fingerprint density at radius 3 is 2.75 bits per heavy atom. The Labute approximate surface area is 115 Å². The number of nitro benzene ring substituents is 1. The molecule has 0 aliphatic carbocycles. The van der Waals surface area contributed by atoms with Gasteiger partial charge in [0.25, 0.3) is 0 Å². The van der Waals surface area contributed by atoms with Gasteiger partial charge in [-0.15, -0.1) is 0 Å². The van der Waals surface area contributed by atoms with Gasteiger partial charge in [0.1, 0.15) is 0 Å². The van der Waals surface area contributed by atoms with E-state index in [1.807, 2.05) is 4.90 Å². The van der Waals surface area contributed by atoms with Gasteiger partial charge < -0.3 is 5.11 Å². The van der Waals surface area contributed by atoms with E-state index in [0.717, 1.165) is 12.1 Å². The number of benzene rings is 1. The molecule has 1 unspecified atom stereocenters. The highest BCUT2D eigenvalue weighted by Gasteiger charge is 2.34. The van der Waals surface area contributed by atoms with Crippen molar-refractivity contribution in [3.05, 3.63) is 39.7 Å². The Bertz CT molecular complexity index is 543. The van der Waals surface area contributed by atoms with Crippen molar-refractivity contribution in [1.29, 1.82) is 0 Å². The molecule has 0 bridgehead atoms. The van der Waals surface area contributed by atoms with Gasteiger partial charge in [-0.05, 0) is 17.5 Å². The maximum atomic E-state index is 13.4. The Morgan fingerprint density at radius 2 is 2.25 bits per heavy atom. The summed E-state index contributed by atoms with van der Waals surface area (Å²) < 4.78 is 13.4. The van der Waals surface area contributed by atoms with E-state index in [4.69, 9.17) is 5.11 Å². The monoisotopic (exact) mass is 282 g/mol. The van der Waals surface area contributed by atoms with E-state index in [0.29, 0.717) is 25.2 Å². The molecule has 0 spiro atoms. The molecular weight excluding hydrogens is 267 g/mol. The van der Waals surface area contributed by atoms with Crippen LogP contribution in [0.3, 0.4) is 0 Å². The molecule has 108 valence electrons. The molecular formula is C13H15FN2O4. The molecule has 1 fully saturated rings. The number of aliphatic carboxylic acids is 1. The number of hydrogen-bond donors (Lipinski definition) is 1. The molecule has 1 aromatic carbocycles. The third kappa shape index (κ3) is 2.93. The van der Waals surface area contributed by atoms with E-state index in [1.165, 1.54) is 6.07 Å². The first kappa shape index (κ1) is 14.4. The van der Waals surface area contributed by atoms with Crippen LogP contribution in [0.1, 0.15) is 12.5 Å². The minimum absolute atomic E-state index is 0.107. The van der Waals surface area contributed by atoms with Crippen molar-refractivity contribution >= 4 is 11.7 Å². The second-order valence-electron chi connectivity index (χ2n) is 5.12. The minimum Gasteiger partial charge on any atom is -0.481 e. The zero-order valence-corrected chi connectivity index (χ0v) is 11.0. The van der Waals surface area contributed by atoms with E-state index in [2.05, 4.69) is 0 Å². The van der Waals surface area contributed by atoms with Crippen LogP contribution >= 0.6 is 0 Å². The van der Waals surface area contributed by atoms with E-state index in [9.17, 15) is 19.3 Å². The van der Waals surface area contributed by atoms with Crippen molar-refractivity contribution in [1.82, 2.24) is 4.90 Å². The van der Waals surface area contributed by atoms with Crippen LogP contribution in [0.2, 0.25) is 0 Å². The van der Waals surface area contributed by atoms with Crippen LogP contribution in [0.4, 0.5) is 10.1 Å². The molecule has 0 radical (unpaired) electrons. The molecule has 1 heterocycles. The molecule has 1 atom stereocenters. The molecule has 1 saturated heterocycles. The van der Waals surface area contributed by atoms with E-state index >= 15 is 0 Å². The molecule has 1 N–H and O–H groups in total. The lowest BCUT2D eigenvalue weighted by molar-refractivity contribution is -0.387. The Hall–Kier alpha value is -2.02. The van der Waals surface area contributed by atoms with Crippen LogP contribution in [0.5, 0.6) is 0 Å². The summed E-state index contributed by atoms with van der Waals surface area (Å²) in [6, 6.07) is 3.84. The Kier molecular flexibility index (Phi) is 3.99. The number of likely N-dealkylation sites (tertiary alicyclic amines) is 1. The maximum absolute atomic E-state index is 13.4. The van der Waals surface area contributed by atoms with Gasteiger partial charge in [-0.25, -0.2) is 0 Å². The average Bonchev–Trinajstić information content (AvgIpc) is 2.31. The number of rotatable bonds is 5. The molecule has 0 aromatic heterocycles. The Balaban J connectivity index is 1.92. The second-order valence-corrected chi connectivity index (χ2v) is 5.12. The highest BCUT2D eigenvalue weighted by molar-refractivity contribution is 5.70. The smallest absolute Gasteiger partial charge is 0.306 e. The lowest BCUT2D eigenvalue weighted by Crippen LogP contribution is -2.50. The topological polar surface area (TPSA) is 83.7 Å². The SMILES string of the molecule is CC(C(=O)O)C1CN(Cc2ccc([N+](=O)[O-])c(F)c2)C1. The predicted octanol–water partition coefficient (Wildman–Crippen LogP) is 1.89. The molecule has 0 saturated carbocycles. The fraction of sp³-hybridized carbons (Fsp3) is 0.462.